The number of nitrogens with zero attached hydrogens (tertiary/aromatic N) is 4. The van der Waals surface area contributed by atoms with Crippen LogP contribution in [0, 0.1) is 18.9 Å². The van der Waals surface area contributed by atoms with Crippen LogP contribution in [0.5, 0.6) is 0 Å². The molecular formula is C29H30ClF3N6O. The topological polar surface area (TPSA) is 64.9 Å². The Labute approximate surface area is 237 Å². The maximum Gasteiger partial charge on any atom is 0.416 e. The van der Waals surface area contributed by atoms with E-state index in [0.29, 0.717) is 36.6 Å². The molecule has 1 fully saturated rings. The molecule has 0 atom stereocenters. The molecule has 0 unspecified atom stereocenters. The molecule has 1 amide bonds. The fourth-order valence-electron chi connectivity index (χ4n) is 4.60. The standard InChI is InChI=1S/C29H29F3N6O.ClH/c1-20-3-4-22(17-21(20)7-11-38-12-8-26-27(38)34-10-9-33-26)28(39)35-24-6-5-23(25(18-24)29(30,31)32)19-37-15-13-36(2)14-16-37;/h3-6,8,10,12,17-18,33H,9,13-16,19H2,1-2H3,(H,35,39);1H. The number of likely N-dealkylation sites (N-methyl/N-ethyl adjacent to an activating group) is 1. The van der Waals surface area contributed by atoms with Crippen LogP contribution in [-0.4, -0.2) is 66.3 Å². The molecule has 0 radical (unpaired) electrons. The van der Waals surface area contributed by atoms with E-state index in [1.54, 1.807) is 29.0 Å². The zero-order valence-electron chi connectivity index (χ0n) is 22.2. The smallest absolute Gasteiger partial charge is 0.377 e. The van der Waals surface area contributed by atoms with Gasteiger partial charge in [-0.3, -0.25) is 14.3 Å². The van der Waals surface area contributed by atoms with E-state index in [9.17, 15) is 18.0 Å². The largest absolute Gasteiger partial charge is 0.416 e. The number of alkyl halides is 3. The van der Waals surface area contributed by atoms with E-state index in [-0.39, 0.29) is 30.2 Å². The van der Waals surface area contributed by atoms with E-state index >= 15 is 0 Å². The number of carbonyl (C=O) groups is 1. The van der Waals surface area contributed by atoms with Gasteiger partial charge in [0.25, 0.3) is 5.91 Å². The lowest BCUT2D eigenvalue weighted by atomic mass is 10.0. The zero-order chi connectivity index (χ0) is 27.6. The molecule has 7 nitrogen and oxygen atoms in total. The highest BCUT2D eigenvalue weighted by Gasteiger charge is 2.34. The fourth-order valence-corrected chi connectivity index (χ4v) is 4.60. The van der Waals surface area contributed by atoms with Crippen molar-refractivity contribution in [2.75, 3.05) is 50.4 Å². The molecule has 2 N–H and O–H groups in total. The first-order valence-corrected chi connectivity index (χ1v) is 12.7. The highest BCUT2D eigenvalue weighted by atomic mass is 35.5. The van der Waals surface area contributed by atoms with Gasteiger partial charge in [-0.05, 0) is 61.4 Å². The van der Waals surface area contributed by atoms with E-state index in [1.165, 1.54) is 12.1 Å². The second-order valence-electron chi connectivity index (χ2n) is 9.79. The van der Waals surface area contributed by atoms with Crippen molar-refractivity contribution in [3.63, 3.8) is 0 Å². The molecule has 1 saturated heterocycles. The Bertz CT molecular complexity index is 1480. The molecule has 3 heterocycles. The van der Waals surface area contributed by atoms with Gasteiger partial charge in [0.2, 0.25) is 0 Å². The highest BCUT2D eigenvalue weighted by Crippen LogP contribution is 2.35. The number of hydrogen-bond acceptors (Lipinski definition) is 5. The number of nitrogens with one attached hydrogen (secondary N) is 2. The molecule has 5 rings (SSSR count). The normalized spacial score (nSPS) is 15.3. The Hall–Kier alpha value is -3.78. The number of hydrogen-bond donors (Lipinski definition) is 2. The monoisotopic (exact) mass is 570 g/mol. The van der Waals surface area contributed by atoms with Crippen molar-refractivity contribution in [3.05, 3.63) is 76.5 Å². The van der Waals surface area contributed by atoms with Crippen LogP contribution in [0.25, 0.3) is 0 Å². The second-order valence-corrected chi connectivity index (χ2v) is 9.79. The molecule has 0 aliphatic carbocycles. The van der Waals surface area contributed by atoms with Crippen LogP contribution >= 0.6 is 12.4 Å². The van der Waals surface area contributed by atoms with Crippen molar-refractivity contribution < 1.29 is 18.0 Å². The molecule has 2 aliphatic heterocycles. The quantitative estimate of drug-likeness (QED) is 0.422. The Morgan fingerprint density at radius 1 is 1.10 bits per heavy atom. The summed E-state index contributed by atoms with van der Waals surface area (Å²) in [6.07, 6.45) is -0.961. The Morgan fingerprint density at radius 2 is 1.88 bits per heavy atom. The molecule has 40 heavy (non-hydrogen) atoms. The van der Waals surface area contributed by atoms with Crippen LogP contribution in [0.2, 0.25) is 0 Å². The summed E-state index contributed by atoms with van der Waals surface area (Å²) in [5, 5.41) is 5.84. The lowest BCUT2D eigenvalue weighted by Crippen LogP contribution is -2.44. The molecule has 2 aliphatic rings. The second kappa shape index (κ2) is 12.2. The third kappa shape index (κ3) is 6.67. The maximum absolute atomic E-state index is 13.9. The van der Waals surface area contributed by atoms with Crippen LogP contribution in [0.1, 0.15) is 32.6 Å². The summed E-state index contributed by atoms with van der Waals surface area (Å²) < 4.78 is 43.5. The third-order valence-corrected chi connectivity index (χ3v) is 6.93. The fraction of sp³-hybridized carbons (Fsp3) is 0.310. The minimum absolute atomic E-state index is 0. The number of carbonyl (C=O) groups excluding carboxylic acids is 1. The molecule has 3 aromatic rings. The van der Waals surface area contributed by atoms with Crippen LogP contribution in [-0.2, 0) is 12.7 Å². The van der Waals surface area contributed by atoms with E-state index in [4.69, 9.17) is 0 Å². The lowest BCUT2D eigenvalue weighted by molar-refractivity contribution is -0.138. The number of aliphatic imine (C=N–C) groups is 1. The molecular weight excluding hydrogens is 541 g/mol. The molecule has 11 heteroatoms. The van der Waals surface area contributed by atoms with Gasteiger partial charge in [-0.25, -0.2) is 4.99 Å². The molecule has 210 valence electrons. The van der Waals surface area contributed by atoms with Crippen molar-refractivity contribution in [2.45, 2.75) is 19.6 Å². The van der Waals surface area contributed by atoms with E-state index in [2.05, 4.69) is 32.5 Å². The summed E-state index contributed by atoms with van der Waals surface area (Å²) in [5.74, 6) is 3.27. The maximum atomic E-state index is 13.9. The first-order chi connectivity index (χ1) is 18.7. The van der Waals surface area contributed by atoms with Gasteiger partial charge in [0.15, 0.2) is 5.82 Å². The SMILES string of the molecule is Cc1ccc(C(=O)Nc2ccc(CN3CCN(C)CC3)c(C(F)(F)F)c2)cc1C#Cn1ccc2c1N=CCN2.Cl. The van der Waals surface area contributed by atoms with Gasteiger partial charge in [0, 0.05) is 68.0 Å². The first kappa shape index (κ1) is 29.2. The zero-order valence-corrected chi connectivity index (χ0v) is 23.0. The predicted molar refractivity (Wildman–Crippen MR) is 154 cm³/mol. The van der Waals surface area contributed by atoms with E-state index in [1.807, 2.05) is 31.1 Å². The molecule has 0 spiro atoms. The average Bonchev–Trinajstić information content (AvgIpc) is 3.33. The average molecular weight is 571 g/mol. The summed E-state index contributed by atoms with van der Waals surface area (Å²) in [6.45, 7) is 5.80. The third-order valence-electron chi connectivity index (χ3n) is 6.93. The minimum atomic E-state index is -4.54. The molecule has 0 saturated carbocycles. The van der Waals surface area contributed by atoms with Gasteiger partial charge in [-0.1, -0.05) is 12.1 Å². The van der Waals surface area contributed by atoms with Crippen LogP contribution < -0.4 is 10.6 Å². The highest BCUT2D eigenvalue weighted by molar-refractivity contribution is 6.04. The van der Waals surface area contributed by atoms with Gasteiger partial charge in [0.05, 0.1) is 17.8 Å². The number of rotatable bonds is 4. The number of benzene rings is 2. The Kier molecular flexibility index (Phi) is 8.88. The number of piperazine rings is 1. The number of fused-ring (bicyclic) bond motifs is 1. The van der Waals surface area contributed by atoms with Gasteiger partial charge in [-0.15, -0.1) is 12.4 Å². The van der Waals surface area contributed by atoms with Crippen molar-refractivity contribution in [2.24, 2.45) is 4.99 Å². The van der Waals surface area contributed by atoms with Crippen LogP contribution in [0.3, 0.4) is 0 Å². The van der Waals surface area contributed by atoms with Crippen molar-refractivity contribution in [1.29, 1.82) is 0 Å². The molecule has 2 aromatic carbocycles. The summed E-state index contributed by atoms with van der Waals surface area (Å²) in [7, 11) is 2.00. The molecule has 0 bridgehead atoms. The number of aryl methyl sites for hydroxylation is 1. The lowest BCUT2D eigenvalue weighted by Gasteiger charge is -2.33. The number of amides is 1. The minimum Gasteiger partial charge on any atom is -0.377 e. The van der Waals surface area contributed by atoms with Gasteiger partial charge in [0.1, 0.15) is 0 Å². The number of aromatic nitrogens is 1. The van der Waals surface area contributed by atoms with Gasteiger partial charge in [-0.2, -0.15) is 13.2 Å². The number of anilines is 2. The van der Waals surface area contributed by atoms with Gasteiger partial charge >= 0.3 is 6.18 Å². The summed E-state index contributed by atoms with van der Waals surface area (Å²) in [6, 6.07) is 14.0. The van der Waals surface area contributed by atoms with E-state index in [0.717, 1.165) is 30.4 Å². The van der Waals surface area contributed by atoms with Crippen LogP contribution in [0.4, 0.5) is 30.4 Å². The van der Waals surface area contributed by atoms with Crippen molar-refractivity contribution >= 4 is 41.7 Å². The van der Waals surface area contributed by atoms with Crippen molar-refractivity contribution in [1.82, 2.24) is 14.4 Å². The predicted octanol–water partition coefficient (Wildman–Crippen LogP) is 5.22. The molecule has 1 aromatic heterocycles. The van der Waals surface area contributed by atoms with E-state index < -0.39 is 17.6 Å². The van der Waals surface area contributed by atoms with Crippen molar-refractivity contribution in [3.8, 4) is 12.0 Å². The Balaban J connectivity index is 0.00000370. The first-order valence-electron chi connectivity index (χ1n) is 12.7. The van der Waals surface area contributed by atoms with Crippen LogP contribution in [0.15, 0.2) is 53.7 Å². The number of halogens is 4. The summed E-state index contributed by atoms with van der Waals surface area (Å²) in [4.78, 5) is 21.6. The summed E-state index contributed by atoms with van der Waals surface area (Å²) in [5.41, 5.74) is 2.25. The van der Waals surface area contributed by atoms with Gasteiger partial charge < -0.3 is 15.5 Å². The summed E-state index contributed by atoms with van der Waals surface area (Å²) >= 11 is 0. The Morgan fingerprint density at radius 3 is 2.62 bits per heavy atom.